The van der Waals surface area contributed by atoms with Crippen molar-refractivity contribution in [3.63, 3.8) is 0 Å². The average molecular weight is 352 g/mol. The molecule has 0 aromatic heterocycles. The van der Waals surface area contributed by atoms with Crippen molar-refractivity contribution in [1.29, 1.82) is 0 Å². The zero-order chi connectivity index (χ0) is 17.2. The quantitative estimate of drug-likeness (QED) is 0.815. The largest absolute Gasteiger partial charge is 0.378 e. The molecular formula is C17H24N2O4S. The first-order valence-corrected chi connectivity index (χ1v) is 10.00. The molecule has 0 aliphatic carbocycles. The van der Waals surface area contributed by atoms with E-state index in [-0.39, 0.29) is 11.7 Å². The standard InChI is InChI=1S/C17H24N2O4S/c1-14-4-6-15(7-5-14)13-24(21,22)19-8-2-3-16(19)17(20)18-9-11-23-12-10-18/h4-7,16H,2-3,8-13H2,1H3/t16-/m1/s1. The molecule has 132 valence electrons. The van der Waals surface area contributed by atoms with Gasteiger partial charge in [0.15, 0.2) is 0 Å². The summed E-state index contributed by atoms with van der Waals surface area (Å²) in [6.07, 6.45) is 1.33. The third-order valence-corrected chi connectivity index (χ3v) is 6.49. The van der Waals surface area contributed by atoms with E-state index in [0.29, 0.717) is 39.3 Å². The highest BCUT2D eigenvalue weighted by Crippen LogP contribution is 2.25. The Hall–Kier alpha value is -1.44. The zero-order valence-corrected chi connectivity index (χ0v) is 14.8. The molecule has 1 aromatic carbocycles. The minimum absolute atomic E-state index is 0.0554. The van der Waals surface area contributed by atoms with Gasteiger partial charge < -0.3 is 9.64 Å². The lowest BCUT2D eigenvalue weighted by Crippen LogP contribution is -2.51. The lowest BCUT2D eigenvalue weighted by molar-refractivity contribution is -0.138. The van der Waals surface area contributed by atoms with Crippen molar-refractivity contribution in [2.45, 2.75) is 31.6 Å². The lowest BCUT2D eigenvalue weighted by Gasteiger charge is -2.32. The average Bonchev–Trinajstić information content (AvgIpc) is 3.07. The number of hydrogen-bond acceptors (Lipinski definition) is 4. The number of rotatable bonds is 4. The smallest absolute Gasteiger partial charge is 0.241 e. The molecule has 2 heterocycles. The van der Waals surface area contributed by atoms with Crippen LogP contribution in [0, 0.1) is 6.92 Å². The number of amides is 1. The first-order chi connectivity index (χ1) is 11.5. The maximum atomic E-state index is 12.8. The van der Waals surface area contributed by atoms with Crippen LogP contribution in [0.5, 0.6) is 0 Å². The number of hydrogen-bond donors (Lipinski definition) is 0. The molecule has 0 saturated carbocycles. The highest BCUT2D eigenvalue weighted by atomic mass is 32.2. The minimum atomic E-state index is -3.50. The molecule has 1 aromatic rings. The molecule has 2 aliphatic rings. The first-order valence-electron chi connectivity index (χ1n) is 8.39. The molecule has 24 heavy (non-hydrogen) atoms. The van der Waals surface area contributed by atoms with E-state index in [1.807, 2.05) is 31.2 Å². The molecule has 0 unspecified atom stereocenters. The van der Waals surface area contributed by atoms with E-state index in [2.05, 4.69) is 0 Å². The normalized spacial score (nSPS) is 22.7. The van der Waals surface area contributed by atoms with Gasteiger partial charge in [-0.25, -0.2) is 8.42 Å². The van der Waals surface area contributed by atoms with Gasteiger partial charge in [-0.2, -0.15) is 4.31 Å². The Morgan fingerprint density at radius 3 is 2.50 bits per heavy atom. The summed E-state index contributed by atoms with van der Waals surface area (Å²) >= 11 is 0. The summed E-state index contributed by atoms with van der Waals surface area (Å²) in [7, 11) is -3.50. The molecule has 0 radical (unpaired) electrons. The Morgan fingerprint density at radius 1 is 1.17 bits per heavy atom. The van der Waals surface area contributed by atoms with E-state index in [4.69, 9.17) is 4.74 Å². The van der Waals surface area contributed by atoms with E-state index < -0.39 is 16.1 Å². The topological polar surface area (TPSA) is 66.9 Å². The Balaban J connectivity index is 1.73. The Morgan fingerprint density at radius 2 is 1.83 bits per heavy atom. The number of ether oxygens (including phenoxy) is 1. The van der Waals surface area contributed by atoms with E-state index in [0.717, 1.165) is 17.5 Å². The number of sulfonamides is 1. The predicted molar refractivity (Wildman–Crippen MR) is 90.9 cm³/mol. The number of aryl methyl sites for hydroxylation is 1. The third-order valence-electron chi connectivity index (χ3n) is 4.64. The fourth-order valence-corrected chi connectivity index (χ4v) is 5.06. The van der Waals surface area contributed by atoms with Gasteiger partial charge in [-0.05, 0) is 25.3 Å². The molecule has 1 atom stereocenters. The van der Waals surface area contributed by atoms with Gasteiger partial charge in [0.1, 0.15) is 6.04 Å². The molecule has 7 heteroatoms. The van der Waals surface area contributed by atoms with Gasteiger partial charge in [0.2, 0.25) is 15.9 Å². The van der Waals surface area contributed by atoms with Crippen LogP contribution < -0.4 is 0 Å². The summed E-state index contributed by atoms with van der Waals surface area (Å²) < 4.78 is 32.3. The van der Waals surface area contributed by atoms with Gasteiger partial charge in [-0.3, -0.25) is 4.79 Å². The molecule has 2 saturated heterocycles. The van der Waals surface area contributed by atoms with Gasteiger partial charge >= 0.3 is 0 Å². The molecule has 6 nitrogen and oxygen atoms in total. The van der Waals surface area contributed by atoms with Crippen molar-refractivity contribution >= 4 is 15.9 Å². The van der Waals surface area contributed by atoms with Gasteiger partial charge in [-0.15, -0.1) is 0 Å². The van der Waals surface area contributed by atoms with Crippen LogP contribution in [0.1, 0.15) is 24.0 Å². The van der Waals surface area contributed by atoms with E-state index in [1.54, 1.807) is 4.90 Å². The Kier molecular flexibility index (Phi) is 5.22. The predicted octanol–water partition coefficient (Wildman–Crippen LogP) is 1.15. The van der Waals surface area contributed by atoms with E-state index in [1.165, 1.54) is 4.31 Å². The molecule has 0 bridgehead atoms. The summed E-state index contributed by atoms with van der Waals surface area (Å²) in [5.74, 6) is -0.136. The van der Waals surface area contributed by atoms with Crippen LogP contribution in [0.2, 0.25) is 0 Å². The monoisotopic (exact) mass is 352 g/mol. The molecule has 0 spiro atoms. The maximum Gasteiger partial charge on any atom is 0.241 e. The first kappa shape index (κ1) is 17.4. The molecule has 2 fully saturated rings. The summed E-state index contributed by atoms with van der Waals surface area (Å²) in [5, 5.41) is 0. The fourth-order valence-electron chi connectivity index (χ4n) is 3.29. The van der Waals surface area contributed by atoms with Crippen LogP contribution in [0.3, 0.4) is 0 Å². The van der Waals surface area contributed by atoms with Crippen LogP contribution in [0.25, 0.3) is 0 Å². The number of nitrogens with zero attached hydrogens (tertiary/aromatic N) is 2. The van der Waals surface area contributed by atoms with Crippen molar-refractivity contribution in [2.75, 3.05) is 32.8 Å². The number of carbonyl (C=O) groups is 1. The number of benzene rings is 1. The fraction of sp³-hybridized carbons (Fsp3) is 0.588. The molecule has 0 N–H and O–H groups in total. The summed E-state index contributed by atoms with van der Waals surface area (Å²) in [6.45, 7) is 4.52. The lowest BCUT2D eigenvalue weighted by atomic mass is 10.2. The second kappa shape index (κ2) is 7.21. The second-order valence-corrected chi connectivity index (χ2v) is 8.37. The van der Waals surface area contributed by atoms with Gasteiger partial charge in [0, 0.05) is 19.6 Å². The van der Waals surface area contributed by atoms with Crippen LogP contribution in [-0.2, 0) is 25.3 Å². The highest BCUT2D eigenvalue weighted by molar-refractivity contribution is 7.88. The highest BCUT2D eigenvalue weighted by Gasteiger charge is 2.40. The molecular weight excluding hydrogens is 328 g/mol. The third kappa shape index (κ3) is 3.79. The summed E-state index contributed by atoms with van der Waals surface area (Å²) in [4.78, 5) is 14.4. The summed E-state index contributed by atoms with van der Waals surface area (Å²) in [6, 6.07) is 6.93. The van der Waals surface area contributed by atoms with Crippen molar-refractivity contribution < 1.29 is 17.9 Å². The minimum Gasteiger partial charge on any atom is -0.378 e. The van der Waals surface area contributed by atoms with Crippen molar-refractivity contribution in [3.8, 4) is 0 Å². The van der Waals surface area contributed by atoms with Crippen molar-refractivity contribution in [3.05, 3.63) is 35.4 Å². The Bertz CT molecular complexity index is 681. The SMILES string of the molecule is Cc1ccc(CS(=O)(=O)N2CCC[C@@H]2C(=O)N2CCOCC2)cc1. The van der Waals surface area contributed by atoms with Crippen LogP contribution >= 0.6 is 0 Å². The van der Waals surface area contributed by atoms with Crippen LogP contribution in [0.15, 0.2) is 24.3 Å². The van der Waals surface area contributed by atoms with Crippen molar-refractivity contribution in [1.82, 2.24) is 9.21 Å². The molecule has 1 amide bonds. The summed E-state index contributed by atoms with van der Waals surface area (Å²) in [5.41, 5.74) is 1.85. The number of carbonyl (C=O) groups excluding carboxylic acids is 1. The maximum absolute atomic E-state index is 12.8. The van der Waals surface area contributed by atoms with Gasteiger partial charge in [-0.1, -0.05) is 29.8 Å². The van der Waals surface area contributed by atoms with Gasteiger partial charge in [0.05, 0.1) is 19.0 Å². The van der Waals surface area contributed by atoms with E-state index >= 15 is 0 Å². The molecule has 3 rings (SSSR count). The Labute approximate surface area is 143 Å². The zero-order valence-electron chi connectivity index (χ0n) is 14.0. The van der Waals surface area contributed by atoms with E-state index in [9.17, 15) is 13.2 Å². The van der Waals surface area contributed by atoms with Crippen molar-refractivity contribution in [2.24, 2.45) is 0 Å². The van der Waals surface area contributed by atoms with Gasteiger partial charge in [0.25, 0.3) is 0 Å². The second-order valence-electron chi connectivity index (χ2n) is 6.45. The van der Waals surface area contributed by atoms with Crippen LogP contribution in [-0.4, -0.2) is 62.4 Å². The van der Waals surface area contributed by atoms with Crippen LogP contribution in [0.4, 0.5) is 0 Å². The number of morpholine rings is 1. The molecule has 2 aliphatic heterocycles.